The number of amides is 1. The highest BCUT2D eigenvalue weighted by Crippen LogP contribution is 2.04. The molecule has 0 atom stereocenters. The molecule has 7 heteroatoms. The van der Waals surface area contributed by atoms with Gasteiger partial charge in [-0.1, -0.05) is 6.92 Å². The lowest BCUT2D eigenvalue weighted by Crippen LogP contribution is -2.24. The number of hydrogen-bond donors (Lipinski definition) is 2. The number of hydrogen-bond acceptors (Lipinski definition) is 4. The number of rotatable bonds is 5. The van der Waals surface area contributed by atoms with Gasteiger partial charge in [0.05, 0.1) is 5.69 Å². The third-order valence-electron chi connectivity index (χ3n) is 2.78. The molecule has 0 spiro atoms. The van der Waals surface area contributed by atoms with Gasteiger partial charge in [-0.3, -0.25) is 14.6 Å². The van der Waals surface area contributed by atoms with Crippen LogP contribution in [0.2, 0.25) is 0 Å². The zero-order valence-electron chi connectivity index (χ0n) is 11.4. The number of carbonyl (C=O) groups excluding carboxylic acids is 1. The van der Waals surface area contributed by atoms with Gasteiger partial charge in [0, 0.05) is 31.8 Å². The van der Waals surface area contributed by atoms with E-state index in [-0.39, 0.29) is 11.7 Å². The number of aromatic amines is 1. The van der Waals surface area contributed by atoms with Crippen LogP contribution in [-0.4, -0.2) is 30.9 Å². The van der Waals surface area contributed by atoms with Crippen LogP contribution in [0.4, 0.5) is 0 Å². The van der Waals surface area contributed by atoms with E-state index in [1.165, 1.54) is 0 Å². The topological polar surface area (TPSA) is 88.5 Å². The molecule has 19 heavy (non-hydrogen) atoms. The van der Waals surface area contributed by atoms with Crippen molar-refractivity contribution in [1.29, 1.82) is 0 Å². The fourth-order valence-corrected chi connectivity index (χ4v) is 1.82. The van der Waals surface area contributed by atoms with E-state index in [4.69, 9.17) is 0 Å². The molecule has 0 fully saturated rings. The molecule has 102 valence electrons. The summed E-state index contributed by atoms with van der Waals surface area (Å²) >= 11 is 0. The molecule has 0 bridgehead atoms. The summed E-state index contributed by atoms with van der Waals surface area (Å²) in [6, 6.07) is 0. The minimum absolute atomic E-state index is 0.185. The Labute approximate surface area is 111 Å². The molecular formula is C12H18N6O. The second-order valence-corrected chi connectivity index (χ2v) is 4.45. The number of carbonyl (C=O) groups is 1. The first kappa shape index (κ1) is 13.3. The van der Waals surface area contributed by atoms with Gasteiger partial charge in [-0.15, -0.1) is 5.10 Å². The Hall–Kier alpha value is -2.18. The van der Waals surface area contributed by atoms with Crippen molar-refractivity contribution < 1.29 is 4.79 Å². The van der Waals surface area contributed by atoms with Crippen LogP contribution in [0.15, 0.2) is 6.20 Å². The molecule has 0 saturated carbocycles. The summed E-state index contributed by atoms with van der Waals surface area (Å²) in [4.78, 5) is 16.0. The van der Waals surface area contributed by atoms with Gasteiger partial charge >= 0.3 is 0 Å². The maximum atomic E-state index is 11.9. The van der Waals surface area contributed by atoms with Crippen LogP contribution in [0.25, 0.3) is 0 Å². The van der Waals surface area contributed by atoms with Crippen LogP contribution < -0.4 is 5.32 Å². The van der Waals surface area contributed by atoms with Gasteiger partial charge in [0.15, 0.2) is 0 Å². The summed E-state index contributed by atoms with van der Waals surface area (Å²) < 4.78 is 1.73. The first-order valence-electron chi connectivity index (χ1n) is 6.28. The second-order valence-electron chi connectivity index (χ2n) is 4.45. The number of nitrogens with one attached hydrogen (secondary N) is 2. The molecule has 0 aliphatic heterocycles. The molecule has 2 heterocycles. The van der Waals surface area contributed by atoms with E-state index in [1.807, 2.05) is 27.1 Å². The Bertz CT molecular complexity index is 571. The zero-order valence-corrected chi connectivity index (χ0v) is 11.4. The molecule has 2 aromatic rings. The summed E-state index contributed by atoms with van der Waals surface area (Å²) in [7, 11) is 1.85. The third kappa shape index (κ3) is 3.18. The number of H-pyrrole nitrogens is 1. The summed E-state index contributed by atoms with van der Waals surface area (Å²) in [6.45, 7) is 4.39. The van der Waals surface area contributed by atoms with Crippen LogP contribution in [0.5, 0.6) is 0 Å². The lowest BCUT2D eigenvalue weighted by atomic mass is 10.2. The summed E-state index contributed by atoms with van der Waals surface area (Å²) in [5.41, 5.74) is 1.89. The Morgan fingerprint density at radius 1 is 1.53 bits per heavy atom. The van der Waals surface area contributed by atoms with Crippen molar-refractivity contribution in [3.63, 3.8) is 0 Å². The smallest absolute Gasteiger partial charge is 0.291 e. The minimum atomic E-state index is -0.276. The predicted molar refractivity (Wildman–Crippen MR) is 69.5 cm³/mol. The maximum Gasteiger partial charge on any atom is 0.291 e. The highest BCUT2D eigenvalue weighted by atomic mass is 16.2. The zero-order chi connectivity index (χ0) is 13.8. The quantitative estimate of drug-likeness (QED) is 0.831. The lowest BCUT2D eigenvalue weighted by molar-refractivity contribution is 0.0941. The van der Waals surface area contributed by atoms with Crippen LogP contribution in [-0.2, 0) is 20.0 Å². The Morgan fingerprint density at radius 3 is 2.95 bits per heavy atom. The predicted octanol–water partition coefficient (Wildman–Crippen LogP) is 0.729. The van der Waals surface area contributed by atoms with E-state index in [0.717, 1.165) is 29.9 Å². The number of aryl methyl sites for hydroxylation is 3. The van der Waals surface area contributed by atoms with Gasteiger partial charge in [0.1, 0.15) is 5.82 Å². The molecule has 7 nitrogen and oxygen atoms in total. The van der Waals surface area contributed by atoms with E-state index < -0.39 is 0 Å². The fourth-order valence-electron chi connectivity index (χ4n) is 1.82. The van der Waals surface area contributed by atoms with E-state index in [2.05, 4.69) is 25.6 Å². The fraction of sp³-hybridized carbons (Fsp3) is 0.500. The van der Waals surface area contributed by atoms with Gasteiger partial charge in [0.25, 0.3) is 5.91 Å². The highest BCUT2D eigenvalue weighted by Gasteiger charge is 2.12. The Balaban J connectivity index is 1.95. The third-order valence-corrected chi connectivity index (χ3v) is 2.78. The number of aromatic nitrogens is 5. The monoisotopic (exact) mass is 262 g/mol. The summed E-state index contributed by atoms with van der Waals surface area (Å²) in [6.07, 6.45) is 3.64. The molecule has 2 aromatic heterocycles. The van der Waals surface area contributed by atoms with Crippen molar-refractivity contribution in [2.24, 2.45) is 7.05 Å². The summed E-state index contributed by atoms with van der Waals surface area (Å²) in [5, 5.41) is 13.7. The maximum absolute atomic E-state index is 11.9. The van der Waals surface area contributed by atoms with E-state index in [1.54, 1.807) is 4.68 Å². The van der Waals surface area contributed by atoms with Crippen molar-refractivity contribution in [2.75, 3.05) is 0 Å². The average Bonchev–Trinajstić information content (AvgIpc) is 2.94. The van der Waals surface area contributed by atoms with E-state index >= 15 is 0 Å². The average molecular weight is 262 g/mol. The second kappa shape index (κ2) is 5.64. The molecule has 1 amide bonds. The highest BCUT2D eigenvalue weighted by molar-refractivity contribution is 5.90. The van der Waals surface area contributed by atoms with Crippen LogP contribution in [0.3, 0.4) is 0 Å². The number of nitrogens with zero attached hydrogens (tertiary/aromatic N) is 4. The first-order valence-corrected chi connectivity index (χ1v) is 6.28. The molecular weight excluding hydrogens is 244 g/mol. The summed E-state index contributed by atoms with van der Waals surface area (Å²) in [5.74, 6) is 0.650. The molecule has 0 unspecified atom stereocenters. The van der Waals surface area contributed by atoms with Gasteiger partial charge in [0.2, 0.25) is 5.82 Å². The lowest BCUT2D eigenvalue weighted by Gasteiger charge is -2.00. The van der Waals surface area contributed by atoms with Crippen LogP contribution in [0, 0.1) is 6.92 Å². The van der Waals surface area contributed by atoms with Crippen molar-refractivity contribution in [2.45, 2.75) is 33.2 Å². The standard InChI is InChI=1S/C12H18N6O/c1-4-5-10-14-11(16-15-10)12(19)13-6-9-7-18(3)17-8(9)2/h7H,4-6H2,1-3H3,(H,13,19)(H,14,15,16). The molecule has 0 aliphatic rings. The largest absolute Gasteiger partial charge is 0.345 e. The normalized spacial score (nSPS) is 10.7. The molecule has 2 N–H and O–H groups in total. The van der Waals surface area contributed by atoms with Crippen LogP contribution in [0.1, 0.15) is 41.0 Å². The molecule has 0 aromatic carbocycles. The molecule has 0 saturated heterocycles. The van der Waals surface area contributed by atoms with Crippen molar-refractivity contribution in [3.8, 4) is 0 Å². The Kier molecular flexibility index (Phi) is 3.94. The van der Waals surface area contributed by atoms with Gasteiger partial charge in [-0.2, -0.15) is 5.10 Å². The van der Waals surface area contributed by atoms with Crippen LogP contribution >= 0.6 is 0 Å². The van der Waals surface area contributed by atoms with Gasteiger partial charge in [-0.05, 0) is 13.3 Å². The Morgan fingerprint density at radius 2 is 2.32 bits per heavy atom. The van der Waals surface area contributed by atoms with Crippen molar-refractivity contribution >= 4 is 5.91 Å². The van der Waals surface area contributed by atoms with Gasteiger partial charge < -0.3 is 5.32 Å². The minimum Gasteiger partial charge on any atom is -0.345 e. The van der Waals surface area contributed by atoms with Crippen molar-refractivity contribution in [3.05, 3.63) is 29.1 Å². The SMILES string of the molecule is CCCc1nc(C(=O)NCc2cn(C)nc2C)n[nH]1. The van der Waals surface area contributed by atoms with Gasteiger partial charge in [-0.25, -0.2) is 4.98 Å². The molecule has 0 radical (unpaired) electrons. The molecule has 2 rings (SSSR count). The van der Waals surface area contributed by atoms with Crippen molar-refractivity contribution in [1.82, 2.24) is 30.3 Å². The molecule has 0 aliphatic carbocycles. The first-order chi connectivity index (χ1) is 9.10. The van der Waals surface area contributed by atoms with E-state index in [0.29, 0.717) is 6.54 Å². The van der Waals surface area contributed by atoms with E-state index in [9.17, 15) is 4.79 Å².